The van der Waals surface area contributed by atoms with Gasteiger partial charge in [-0.2, -0.15) is 4.31 Å². The van der Waals surface area contributed by atoms with Crippen LogP contribution in [0.15, 0.2) is 17.0 Å². The molecule has 4 nitrogen and oxygen atoms in total. The maximum atomic E-state index is 13.7. The van der Waals surface area contributed by atoms with E-state index in [-0.39, 0.29) is 19.0 Å². The maximum Gasteiger partial charge on any atom is 0.249 e. The first-order chi connectivity index (χ1) is 9.75. The molecule has 21 heavy (non-hydrogen) atoms. The Hall–Kier alpha value is -0.830. The van der Waals surface area contributed by atoms with E-state index < -0.39 is 44.6 Å². The number of nitrogens with zero attached hydrogens (tertiary/aromatic N) is 1. The summed E-state index contributed by atoms with van der Waals surface area (Å²) in [4.78, 5) is -1.16. The van der Waals surface area contributed by atoms with Crippen molar-refractivity contribution in [1.82, 2.24) is 4.31 Å². The number of benzene rings is 1. The van der Waals surface area contributed by atoms with E-state index in [1.807, 2.05) is 0 Å². The number of hydrogen-bond donors (Lipinski definition) is 0. The second kappa shape index (κ2) is 6.12. The second-order valence-electron chi connectivity index (χ2n) is 4.74. The van der Waals surface area contributed by atoms with Crippen molar-refractivity contribution in [3.05, 3.63) is 29.6 Å². The molecular formula is C12H13ClF3NO3S. The normalized spacial score (nSPS) is 24.2. The molecule has 118 valence electrons. The van der Waals surface area contributed by atoms with Crippen LogP contribution in [0.25, 0.3) is 0 Å². The minimum atomic E-state index is -4.44. The van der Waals surface area contributed by atoms with Crippen LogP contribution in [-0.4, -0.2) is 43.9 Å². The first-order valence-electron chi connectivity index (χ1n) is 6.11. The Morgan fingerprint density at radius 1 is 1.29 bits per heavy atom. The van der Waals surface area contributed by atoms with Crippen LogP contribution in [0.2, 0.25) is 0 Å². The first kappa shape index (κ1) is 16.5. The standard InChI is InChI=1S/C12H13ClF3NO3S/c1-7-5-17(6-9(4-13)20-7)21(18,19)12-10(15)2-8(14)3-11(12)16/h2-3,7,9H,4-6H2,1H3. The van der Waals surface area contributed by atoms with E-state index in [0.717, 1.165) is 4.31 Å². The Labute approximate surface area is 125 Å². The first-order valence-corrected chi connectivity index (χ1v) is 8.09. The molecule has 1 aromatic rings. The monoisotopic (exact) mass is 343 g/mol. The van der Waals surface area contributed by atoms with Crippen molar-refractivity contribution in [2.75, 3.05) is 19.0 Å². The molecule has 1 saturated heterocycles. The quantitative estimate of drug-likeness (QED) is 0.790. The molecule has 1 aliphatic rings. The number of ether oxygens (including phenoxy) is 1. The minimum Gasteiger partial charge on any atom is -0.371 e. The van der Waals surface area contributed by atoms with Crippen molar-refractivity contribution in [3.63, 3.8) is 0 Å². The molecule has 2 atom stereocenters. The fourth-order valence-corrected chi connectivity index (χ4v) is 4.00. The van der Waals surface area contributed by atoms with Crippen LogP contribution in [0.4, 0.5) is 13.2 Å². The zero-order chi connectivity index (χ0) is 15.8. The number of sulfonamides is 1. The predicted octanol–water partition coefficient (Wildman–Crippen LogP) is 2.12. The van der Waals surface area contributed by atoms with Gasteiger partial charge in [-0.15, -0.1) is 11.6 Å². The summed E-state index contributed by atoms with van der Waals surface area (Å²) in [6.07, 6.45) is -1.04. The third kappa shape index (κ3) is 3.33. The average Bonchev–Trinajstić information content (AvgIpc) is 2.36. The Kier molecular flexibility index (Phi) is 4.82. The summed E-state index contributed by atoms with van der Waals surface area (Å²) < 4.78 is 71.3. The molecule has 0 saturated carbocycles. The van der Waals surface area contributed by atoms with E-state index in [9.17, 15) is 21.6 Å². The third-order valence-corrected chi connectivity index (χ3v) is 5.25. The van der Waals surface area contributed by atoms with Gasteiger partial charge in [0, 0.05) is 31.1 Å². The van der Waals surface area contributed by atoms with E-state index in [1.54, 1.807) is 6.92 Å². The van der Waals surface area contributed by atoms with Crippen molar-refractivity contribution in [2.24, 2.45) is 0 Å². The van der Waals surface area contributed by atoms with E-state index in [1.165, 1.54) is 0 Å². The summed E-state index contributed by atoms with van der Waals surface area (Å²) in [6, 6.07) is 0.664. The highest BCUT2D eigenvalue weighted by Gasteiger charge is 2.37. The maximum absolute atomic E-state index is 13.7. The molecule has 1 aliphatic heterocycles. The fourth-order valence-electron chi connectivity index (χ4n) is 2.19. The molecule has 1 heterocycles. The third-order valence-electron chi connectivity index (χ3n) is 3.03. The van der Waals surface area contributed by atoms with Gasteiger partial charge in [-0.3, -0.25) is 0 Å². The van der Waals surface area contributed by atoms with Gasteiger partial charge in [0.1, 0.15) is 17.5 Å². The molecule has 0 bridgehead atoms. The Morgan fingerprint density at radius 3 is 2.38 bits per heavy atom. The van der Waals surface area contributed by atoms with Gasteiger partial charge in [-0.05, 0) is 6.92 Å². The summed E-state index contributed by atoms with van der Waals surface area (Å²) in [5.74, 6) is -4.06. The smallest absolute Gasteiger partial charge is 0.249 e. The lowest BCUT2D eigenvalue weighted by Crippen LogP contribution is -2.50. The predicted molar refractivity (Wildman–Crippen MR) is 70.1 cm³/mol. The van der Waals surface area contributed by atoms with Gasteiger partial charge in [0.25, 0.3) is 0 Å². The van der Waals surface area contributed by atoms with Crippen LogP contribution in [-0.2, 0) is 14.8 Å². The summed E-state index contributed by atoms with van der Waals surface area (Å²) in [5, 5.41) is 0. The molecule has 1 aromatic carbocycles. The highest BCUT2D eigenvalue weighted by atomic mass is 35.5. The molecule has 0 radical (unpaired) electrons. The summed E-state index contributed by atoms with van der Waals surface area (Å²) in [6.45, 7) is 1.44. The van der Waals surface area contributed by atoms with Crippen molar-refractivity contribution >= 4 is 21.6 Å². The molecule has 0 aromatic heterocycles. The lowest BCUT2D eigenvalue weighted by atomic mass is 10.3. The van der Waals surface area contributed by atoms with E-state index >= 15 is 0 Å². The molecule has 2 rings (SSSR count). The van der Waals surface area contributed by atoms with Crippen LogP contribution in [0.1, 0.15) is 6.92 Å². The molecule has 9 heteroatoms. The lowest BCUT2D eigenvalue weighted by molar-refractivity contribution is -0.0424. The van der Waals surface area contributed by atoms with Crippen LogP contribution in [0.3, 0.4) is 0 Å². The van der Waals surface area contributed by atoms with Crippen LogP contribution < -0.4 is 0 Å². The SMILES string of the molecule is CC1CN(S(=O)(=O)c2c(F)cc(F)cc2F)CC(CCl)O1. The number of alkyl halides is 1. The van der Waals surface area contributed by atoms with Crippen LogP contribution in [0.5, 0.6) is 0 Å². The number of morpholine rings is 1. The van der Waals surface area contributed by atoms with Crippen molar-refractivity contribution in [1.29, 1.82) is 0 Å². The average molecular weight is 344 g/mol. The van der Waals surface area contributed by atoms with Gasteiger partial charge >= 0.3 is 0 Å². The largest absolute Gasteiger partial charge is 0.371 e. The number of rotatable bonds is 3. The molecular weight excluding hydrogens is 331 g/mol. The molecule has 2 unspecified atom stereocenters. The highest BCUT2D eigenvalue weighted by Crippen LogP contribution is 2.26. The Balaban J connectivity index is 2.43. The van der Waals surface area contributed by atoms with Crippen LogP contribution in [0, 0.1) is 17.5 Å². The second-order valence-corrected chi connectivity index (χ2v) is 6.93. The van der Waals surface area contributed by atoms with Gasteiger partial charge < -0.3 is 4.74 Å². The lowest BCUT2D eigenvalue weighted by Gasteiger charge is -2.35. The zero-order valence-corrected chi connectivity index (χ0v) is 12.6. The highest BCUT2D eigenvalue weighted by molar-refractivity contribution is 7.89. The van der Waals surface area contributed by atoms with E-state index in [0.29, 0.717) is 12.1 Å². The molecule has 1 fully saturated rings. The Bertz CT molecular complexity index is 618. The van der Waals surface area contributed by atoms with Gasteiger partial charge in [-0.25, -0.2) is 21.6 Å². The van der Waals surface area contributed by atoms with Gasteiger partial charge in [0.2, 0.25) is 10.0 Å². The number of hydrogen-bond acceptors (Lipinski definition) is 3. The van der Waals surface area contributed by atoms with Crippen molar-refractivity contribution in [3.8, 4) is 0 Å². The summed E-state index contributed by atoms with van der Waals surface area (Å²) >= 11 is 5.65. The van der Waals surface area contributed by atoms with Gasteiger partial charge in [-0.1, -0.05) is 0 Å². The van der Waals surface area contributed by atoms with Crippen LogP contribution >= 0.6 is 11.6 Å². The van der Waals surface area contributed by atoms with Crippen molar-refractivity contribution < 1.29 is 26.3 Å². The van der Waals surface area contributed by atoms with Gasteiger partial charge in [0.15, 0.2) is 4.90 Å². The number of halogens is 4. The Morgan fingerprint density at radius 2 is 1.86 bits per heavy atom. The summed E-state index contributed by atoms with van der Waals surface area (Å²) in [7, 11) is -4.44. The van der Waals surface area contributed by atoms with Crippen molar-refractivity contribution in [2.45, 2.75) is 24.0 Å². The molecule has 0 N–H and O–H groups in total. The molecule has 0 aliphatic carbocycles. The van der Waals surface area contributed by atoms with E-state index in [2.05, 4.69) is 0 Å². The molecule has 0 amide bonds. The zero-order valence-electron chi connectivity index (χ0n) is 11.0. The van der Waals surface area contributed by atoms with Gasteiger partial charge in [0.05, 0.1) is 12.2 Å². The fraction of sp³-hybridized carbons (Fsp3) is 0.500. The minimum absolute atomic E-state index is 0.0464. The topological polar surface area (TPSA) is 46.6 Å². The molecule has 0 spiro atoms. The van der Waals surface area contributed by atoms with E-state index in [4.69, 9.17) is 16.3 Å². The summed E-state index contributed by atoms with van der Waals surface area (Å²) in [5.41, 5.74) is 0.